The third-order valence-corrected chi connectivity index (χ3v) is 5.41. The van der Waals surface area contributed by atoms with Crippen molar-refractivity contribution in [3.63, 3.8) is 0 Å². The first-order chi connectivity index (χ1) is 10.7. The molecule has 2 fully saturated rings. The summed E-state index contributed by atoms with van der Waals surface area (Å²) in [5.41, 5.74) is 1.49. The lowest BCUT2D eigenvalue weighted by molar-refractivity contribution is 0.0777. The van der Waals surface area contributed by atoms with Gasteiger partial charge in [-0.15, -0.1) is 0 Å². The van der Waals surface area contributed by atoms with Gasteiger partial charge in [0.1, 0.15) is 0 Å². The van der Waals surface area contributed by atoms with Crippen LogP contribution in [0.25, 0.3) is 0 Å². The van der Waals surface area contributed by atoms with E-state index in [1.54, 1.807) is 0 Å². The summed E-state index contributed by atoms with van der Waals surface area (Å²) in [5, 5.41) is 3.83. The Kier molecular flexibility index (Phi) is 5.54. The van der Waals surface area contributed by atoms with Crippen molar-refractivity contribution in [3.8, 4) is 0 Å². The molecule has 3 rings (SSSR count). The predicted molar refractivity (Wildman–Crippen MR) is 94.1 cm³/mol. The molecule has 1 aliphatic heterocycles. The largest absolute Gasteiger partial charge is 0.311 e. The smallest absolute Gasteiger partial charge is 0.0264 e. The normalized spacial score (nSPS) is 27.6. The molecule has 2 heteroatoms. The van der Waals surface area contributed by atoms with E-state index in [9.17, 15) is 0 Å². The van der Waals surface area contributed by atoms with Crippen LogP contribution in [-0.4, -0.2) is 36.1 Å². The number of nitrogens with zero attached hydrogens (tertiary/aromatic N) is 1. The highest BCUT2D eigenvalue weighted by Crippen LogP contribution is 2.28. The molecule has 1 N–H and O–H groups in total. The molecule has 0 radical (unpaired) electrons. The average molecular weight is 300 g/mol. The van der Waals surface area contributed by atoms with E-state index in [0.717, 1.165) is 18.5 Å². The Morgan fingerprint density at radius 2 is 1.86 bits per heavy atom. The summed E-state index contributed by atoms with van der Waals surface area (Å²) in [6.07, 6.45) is 8.20. The van der Waals surface area contributed by atoms with Crippen LogP contribution < -0.4 is 5.32 Å². The van der Waals surface area contributed by atoms with Crippen LogP contribution in [0.2, 0.25) is 0 Å². The first-order valence-electron chi connectivity index (χ1n) is 9.25. The topological polar surface area (TPSA) is 15.3 Å². The maximum atomic E-state index is 3.83. The average Bonchev–Trinajstić information content (AvgIpc) is 3.03. The molecule has 22 heavy (non-hydrogen) atoms. The number of nitrogens with one attached hydrogen (secondary N) is 1. The van der Waals surface area contributed by atoms with Crippen molar-refractivity contribution in [2.45, 2.75) is 70.5 Å². The first-order valence-corrected chi connectivity index (χ1v) is 9.25. The molecule has 1 aromatic rings. The quantitative estimate of drug-likeness (QED) is 0.888. The molecule has 2 aliphatic rings. The molecule has 0 amide bonds. The van der Waals surface area contributed by atoms with Crippen LogP contribution >= 0.6 is 0 Å². The second-order valence-electron chi connectivity index (χ2n) is 7.71. The van der Waals surface area contributed by atoms with Crippen molar-refractivity contribution in [2.75, 3.05) is 13.1 Å². The number of hydrogen-bond donors (Lipinski definition) is 1. The molecule has 2 atom stereocenters. The van der Waals surface area contributed by atoms with Gasteiger partial charge >= 0.3 is 0 Å². The Bertz CT molecular complexity index is 436. The SMILES string of the molecule is CC(C)CC1CN(C2CCCC2)C(Cc2ccccc2)CN1. The lowest BCUT2D eigenvalue weighted by Crippen LogP contribution is -2.59. The molecule has 1 saturated carbocycles. The van der Waals surface area contributed by atoms with Crippen molar-refractivity contribution in [2.24, 2.45) is 5.92 Å². The van der Waals surface area contributed by atoms with Gasteiger partial charge in [-0.3, -0.25) is 4.90 Å². The second-order valence-corrected chi connectivity index (χ2v) is 7.71. The molecule has 0 bridgehead atoms. The second kappa shape index (κ2) is 7.61. The van der Waals surface area contributed by atoms with Crippen molar-refractivity contribution >= 4 is 0 Å². The van der Waals surface area contributed by atoms with Gasteiger partial charge in [0.05, 0.1) is 0 Å². The Hall–Kier alpha value is -0.860. The minimum absolute atomic E-state index is 0.675. The molecular weight excluding hydrogens is 268 g/mol. The van der Waals surface area contributed by atoms with E-state index in [2.05, 4.69) is 54.4 Å². The summed E-state index contributed by atoms with van der Waals surface area (Å²) >= 11 is 0. The standard InChI is InChI=1S/C20H32N2/c1-16(2)12-18-15-22(19-10-6-7-11-19)20(14-21-18)13-17-8-4-3-5-9-17/h3-5,8-9,16,18-21H,6-7,10-15H2,1-2H3. The minimum atomic E-state index is 0.675. The van der Waals surface area contributed by atoms with Crippen LogP contribution in [0, 0.1) is 5.92 Å². The van der Waals surface area contributed by atoms with E-state index in [1.807, 2.05) is 0 Å². The van der Waals surface area contributed by atoms with Crippen LogP contribution in [0.15, 0.2) is 30.3 Å². The van der Waals surface area contributed by atoms with E-state index in [4.69, 9.17) is 0 Å². The summed E-state index contributed by atoms with van der Waals surface area (Å²) in [6.45, 7) is 7.10. The lowest BCUT2D eigenvalue weighted by Gasteiger charge is -2.44. The van der Waals surface area contributed by atoms with Crippen LogP contribution in [-0.2, 0) is 6.42 Å². The van der Waals surface area contributed by atoms with Crippen molar-refractivity contribution in [1.29, 1.82) is 0 Å². The molecule has 1 aliphatic carbocycles. The van der Waals surface area contributed by atoms with Crippen LogP contribution in [0.5, 0.6) is 0 Å². The summed E-state index contributed by atoms with van der Waals surface area (Å²) < 4.78 is 0. The number of piperazine rings is 1. The van der Waals surface area contributed by atoms with Gasteiger partial charge in [-0.1, -0.05) is 57.0 Å². The molecule has 1 saturated heterocycles. The fraction of sp³-hybridized carbons (Fsp3) is 0.700. The van der Waals surface area contributed by atoms with Gasteiger partial charge < -0.3 is 5.32 Å². The summed E-state index contributed by atoms with van der Waals surface area (Å²) in [7, 11) is 0. The predicted octanol–water partition coefficient (Wildman–Crippen LogP) is 3.86. The molecule has 1 heterocycles. The summed E-state index contributed by atoms with van der Waals surface area (Å²) in [5.74, 6) is 0.786. The zero-order valence-corrected chi connectivity index (χ0v) is 14.3. The highest BCUT2D eigenvalue weighted by Gasteiger charge is 2.34. The molecule has 122 valence electrons. The van der Waals surface area contributed by atoms with Crippen molar-refractivity contribution < 1.29 is 0 Å². The molecular formula is C20H32N2. The van der Waals surface area contributed by atoms with E-state index < -0.39 is 0 Å². The fourth-order valence-electron chi connectivity index (χ4n) is 4.37. The number of rotatable bonds is 5. The maximum absolute atomic E-state index is 3.83. The van der Waals surface area contributed by atoms with Crippen LogP contribution in [0.1, 0.15) is 51.5 Å². The minimum Gasteiger partial charge on any atom is -0.311 e. The first kappa shape index (κ1) is 16.0. The molecule has 2 nitrogen and oxygen atoms in total. The van der Waals surface area contributed by atoms with Crippen LogP contribution in [0.3, 0.4) is 0 Å². The zero-order chi connectivity index (χ0) is 15.4. The van der Waals surface area contributed by atoms with Crippen molar-refractivity contribution in [3.05, 3.63) is 35.9 Å². The van der Waals surface area contributed by atoms with Gasteiger partial charge in [0, 0.05) is 31.2 Å². The fourth-order valence-corrected chi connectivity index (χ4v) is 4.37. The monoisotopic (exact) mass is 300 g/mol. The third-order valence-electron chi connectivity index (χ3n) is 5.41. The summed E-state index contributed by atoms with van der Waals surface area (Å²) in [6, 6.07) is 13.2. The zero-order valence-electron chi connectivity index (χ0n) is 14.3. The van der Waals surface area contributed by atoms with E-state index >= 15 is 0 Å². The lowest BCUT2D eigenvalue weighted by atomic mass is 9.95. The van der Waals surface area contributed by atoms with Gasteiger partial charge in [-0.05, 0) is 37.2 Å². The molecule has 0 spiro atoms. The maximum Gasteiger partial charge on any atom is 0.0264 e. The Labute approximate surface area is 136 Å². The van der Waals surface area contributed by atoms with E-state index in [0.29, 0.717) is 12.1 Å². The van der Waals surface area contributed by atoms with Gasteiger partial charge in [0.15, 0.2) is 0 Å². The summed E-state index contributed by atoms with van der Waals surface area (Å²) in [4.78, 5) is 2.86. The highest BCUT2D eigenvalue weighted by atomic mass is 15.3. The molecule has 1 aromatic carbocycles. The van der Waals surface area contributed by atoms with Crippen molar-refractivity contribution in [1.82, 2.24) is 10.2 Å². The van der Waals surface area contributed by atoms with Gasteiger partial charge in [-0.25, -0.2) is 0 Å². The Morgan fingerprint density at radius 1 is 1.14 bits per heavy atom. The van der Waals surface area contributed by atoms with E-state index in [-0.39, 0.29) is 0 Å². The van der Waals surface area contributed by atoms with Gasteiger partial charge in [0.2, 0.25) is 0 Å². The third kappa shape index (κ3) is 4.11. The Balaban J connectivity index is 1.67. The molecule has 0 aromatic heterocycles. The highest BCUT2D eigenvalue weighted by molar-refractivity contribution is 5.16. The van der Waals surface area contributed by atoms with Crippen LogP contribution in [0.4, 0.5) is 0 Å². The Morgan fingerprint density at radius 3 is 2.55 bits per heavy atom. The number of benzene rings is 1. The van der Waals surface area contributed by atoms with E-state index in [1.165, 1.54) is 50.6 Å². The van der Waals surface area contributed by atoms with Gasteiger partial charge in [0.25, 0.3) is 0 Å². The number of hydrogen-bond acceptors (Lipinski definition) is 2. The van der Waals surface area contributed by atoms with Gasteiger partial charge in [-0.2, -0.15) is 0 Å². The molecule has 2 unspecified atom stereocenters.